The van der Waals surface area contributed by atoms with Gasteiger partial charge in [-0.1, -0.05) is 72.8 Å². The van der Waals surface area contributed by atoms with E-state index in [9.17, 15) is 18.2 Å². The minimum absolute atomic E-state index is 0.0926. The number of nitrogens with one attached hydrogen (secondary N) is 2. The molecular weight excluding hydrogens is 617 g/mol. The Labute approximate surface area is 276 Å². The van der Waals surface area contributed by atoms with Crippen LogP contribution in [0.2, 0.25) is 0 Å². The molecule has 2 unspecified atom stereocenters. The zero-order valence-corrected chi connectivity index (χ0v) is 28.1. The lowest BCUT2D eigenvalue weighted by Crippen LogP contribution is -2.49. The van der Waals surface area contributed by atoms with Crippen LogP contribution < -0.4 is 19.2 Å². The van der Waals surface area contributed by atoms with Crippen molar-refractivity contribution in [2.75, 3.05) is 29.3 Å². The smallest absolute Gasteiger partial charge is 0.0776 e. The van der Waals surface area contributed by atoms with E-state index in [0.29, 0.717) is 25.7 Å². The van der Waals surface area contributed by atoms with Gasteiger partial charge in [0.25, 0.3) is 0 Å². The SMILES string of the molecule is CNCCC(C(CC[C@@H]1Cc2ccccc2N(c2ccccc2)S1(O)O)NC)[C@H]1Cc2ccccc2N(c2ccccc2)S1(O)O. The number of nitrogens with zero attached hydrogens (tertiary/aromatic N) is 2. The second-order valence-corrected chi connectivity index (χ2v) is 16.5. The van der Waals surface area contributed by atoms with Gasteiger partial charge in [0, 0.05) is 6.04 Å². The topological polar surface area (TPSA) is 111 Å². The first-order valence-electron chi connectivity index (χ1n) is 16.0. The largest absolute Gasteiger partial charge is 0.320 e. The van der Waals surface area contributed by atoms with Gasteiger partial charge >= 0.3 is 0 Å². The van der Waals surface area contributed by atoms with Crippen molar-refractivity contribution in [3.8, 4) is 0 Å². The quantitative estimate of drug-likeness (QED) is 0.0950. The van der Waals surface area contributed by atoms with Crippen molar-refractivity contribution in [1.29, 1.82) is 0 Å². The van der Waals surface area contributed by atoms with Crippen molar-refractivity contribution in [3.05, 3.63) is 120 Å². The van der Waals surface area contributed by atoms with Crippen LogP contribution in [0.4, 0.5) is 22.7 Å². The highest BCUT2D eigenvalue weighted by Gasteiger charge is 2.46. The number of rotatable bonds is 11. The summed E-state index contributed by atoms with van der Waals surface area (Å²) < 4.78 is 51.7. The molecule has 2 aliphatic rings. The van der Waals surface area contributed by atoms with E-state index in [2.05, 4.69) is 22.8 Å². The molecule has 0 fully saturated rings. The summed E-state index contributed by atoms with van der Waals surface area (Å²) in [6.07, 6.45) is 3.05. The van der Waals surface area contributed by atoms with Gasteiger partial charge in [0.15, 0.2) is 0 Å². The van der Waals surface area contributed by atoms with Crippen LogP contribution in [-0.4, -0.2) is 55.4 Å². The first-order chi connectivity index (χ1) is 22.3. The fraction of sp³-hybridized carbons (Fsp3) is 0.333. The first kappa shape index (κ1) is 32.9. The van der Waals surface area contributed by atoms with Crippen LogP contribution >= 0.6 is 21.6 Å². The molecule has 6 rings (SSSR count). The van der Waals surface area contributed by atoms with E-state index in [4.69, 9.17) is 0 Å². The summed E-state index contributed by atoms with van der Waals surface area (Å²) in [4.78, 5) is 0. The maximum Gasteiger partial charge on any atom is 0.0776 e. The summed E-state index contributed by atoms with van der Waals surface area (Å²) in [7, 11) is -2.67. The van der Waals surface area contributed by atoms with Gasteiger partial charge < -0.3 is 10.6 Å². The van der Waals surface area contributed by atoms with Gasteiger partial charge in [-0.25, -0.2) is 8.61 Å². The molecule has 0 bridgehead atoms. The van der Waals surface area contributed by atoms with Gasteiger partial charge in [-0.2, -0.15) is 0 Å². The van der Waals surface area contributed by atoms with E-state index in [1.54, 1.807) is 8.61 Å². The number of benzene rings is 4. The van der Waals surface area contributed by atoms with Gasteiger partial charge in [0.1, 0.15) is 0 Å². The van der Waals surface area contributed by atoms with Crippen LogP contribution in [0.1, 0.15) is 30.4 Å². The first-order valence-corrected chi connectivity index (χ1v) is 19.1. The lowest BCUT2D eigenvalue weighted by Gasteiger charge is -2.56. The van der Waals surface area contributed by atoms with Crippen molar-refractivity contribution in [2.45, 2.75) is 48.6 Å². The molecule has 0 aromatic heterocycles. The molecule has 2 heterocycles. The summed E-state index contributed by atoms with van der Waals surface area (Å²) in [6.45, 7) is 0.718. The van der Waals surface area contributed by atoms with Gasteiger partial charge in [0.05, 0.1) is 33.2 Å². The summed E-state index contributed by atoms with van der Waals surface area (Å²) in [5.41, 5.74) is 5.35. The van der Waals surface area contributed by atoms with E-state index in [1.807, 2.05) is 111 Å². The Morgan fingerprint density at radius 2 is 1.15 bits per heavy atom. The predicted molar refractivity (Wildman–Crippen MR) is 195 cm³/mol. The molecule has 2 aliphatic heterocycles. The number of para-hydroxylation sites is 4. The van der Waals surface area contributed by atoms with Crippen LogP contribution in [0.5, 0.6) is 0 Å². The fourth-order valence-electron chi connectivity index (χ4n) is 7.28. The third-order valence-corrected chi connectivity index (χ3v) is 14.1. The van der Waals surface area contributed by atoms with E-state index >= 15 is 0 Å². The van der Waals surface area contributed by atoms with Crippen molar-refractivity contribution < 1.29 is 18.2 Å². The van der Waals surface area contributed by atoms with E-state index < -0.39 is 32.1 Å². The molecule has 6 N–H and O–H groups in total. The fourth-order valence-corrected chi connectivity index (χ4v) is 11.7. The second-order valence-electron chi connectivity index (χ2n) is 12.2. The third kappa shape index (κ3) is 6.28. The van der Waals surface area contributed by atoms with E-state index in [-0.39, 0.29) is 12.0 Å². The minimum Gasteiger partial charge on any atom is -0.320 e. The number of fused-ring (bicyclic) bond motifs is 2. The molecule has 4 atom stereocenters. The van der Waals surface area contributed by atoms with Gasteiger partial charge in [0.2, 0.25) is 0 Å². The van der Waals surface area contributed by atoms with E-state index in [0.717, 1.165) is 46.8 Å². The summed E-state index contributed by atoms with van der Waals surface area (Å²) >= 11 is 0. The molecule has 4 aromatic rings. The summed E-state index contributed by atoms with van der Waals surface area (Å²) in [5, 5.41) is 5.98. The average Bonchev–Trinajstić information content (AvgIpc) is 3.06. The highest BCUT2D eigenvalue weighted by atomic mass is 32.3. The van der Waals surface area contributed by atoms with E-state index in [1.165, 1.54) is 0 Å². The molecule has 0 saturated carbocycles. The Kier molecular flexibility index (Phi) is 9.98. The highest BCUT2D eigenvalue weighted by Crippen LogP contribution is 2.63. The molecule has 0 amide bonds. The Hall–Kier alpha value is -3.06. The predicted octanol–water partition coefficient (Wildman–Crippen LogP) is 8.44. The standard InChI is InChI=1S/C36H46N4O4S2/c1-37-24-23-32(36-26-28-14-10-12-20-35(28)40(46(36,43)44)30-17-7-4-8-18-30)33(38-2)22-21-31-25-27-13-9-11-19-34(27)39(45(31,41)42)29-15-5-3-6-16-29/h3-20,31-33,36-38,41-44H,21-26H2,1-2H3/t31-,32?,33?,36-/m1/s1. The zero-order valence-electron chi connectivity index (χ0n) is 26.4. The summed E-state index contributed by atoms with van der Waals surface area (Å²) in [5.74, 6) is -0.107. The highest BCUT2D eigenvalue weighted by molar-refractivity contribution is 8.26. The van der Waals surface area contributed by atoms with Crippen LogP contribution in [0, 0.1) is 5.92 Å². The van der Waals surface area contributed by atoms with Crippen LogP contribution in [0.25, 0.3) is 0 Å². The molecule has 246 valence electrons. The molecule has 10 heteroatoms. The minimum atomic E-state index is -3.30. The van der Waals surface area contributed by atoms with Gasteiger partial charge in [-0.05, 0) is 106 Å². The maximum atomic E-state index is 12.2. The number of hydrogen-bond acceptors (Lipinski definition) is 8. The Balaban J connectivity index is 1.31. The Bertz CT molecular complexity index is 1590. The van der Waals surface area contributed by atoms with Crippen molar-refractivity contribution in [1.82, 2.24) is 10.6 Å². The molecule has 0 radical (unpaired) electrons. The second kappa shape index (κ2) is 14.0. The molecular formula is C36H46N4O4S2. The van der Waals surface area contributed by atoms with Crippen molar-refractivity contribution >= 4 is 44.3 Å². The Morgan fingerprint density at radius 3 is 1.70 bits per heavy atom. The molecule has 8 nitrogen and oxygen atoms in total. The normalized spacial score (nSPS) is 22.7. The van der Waals surface area contributed by atoms with Crippen molar-refractivity contribution in [2.24, 2.45) is 5.92 Å². The third-order valence-electron chi connectivity index (χ3n) is 9.55. The van der Waals surface area contributed by atoms with Gasteiger partial charge in [-0.15, -0.1) is 21.6 Å². The molecule has 0 saturated heterocycles. The van der Waals surface area contributed by atoms with Gasteiger partial charge in [-0.3, -0.25) is 18.2 Å². The summed E-state index contributed by atoms with van der Waals surface area (Å²) in [6, 6.07) is 35.1. The van der Waals surface area contributed by atoms with Crippen LogP contribution in [0.3, 0.4) is 0 Å². The zero-order chi connectivity index (χ0) is 32.3. The van der Waals surface area contributed by atoms with Crippen molar-refractivity contribution in [3.63, 3.8) is 0 Å². The lowest BCUT2D eigenvalue weighted by atomic mass is 9.85. The van der Waals surface area contributed by atoms with Crippen LogP contribution in [-0.2, 0) is 12.8 Å². The average molecular weight is 663 g/mol. The molecule has 0 aliphatic carbocycles. The number of hydrogen-bond donors (Lipinski definition) is 6. The molecule has 46 heavy (non-hydrogen) atoms. The maximum absolute atomic E-state index is 12.2. The molecule has 4 aromatic carbocycles. The molecule has 0 spiro atoms. The number of anilines is 4. The lowest BCUT2D eigenvalue weighted by molar-refractivity contribution is 0.293. The monoisotopic (exact) mass is 662 g/mol. The Morgan fingerprint density at radius 1 is 0.652 bits per heavy atom. The van der Waals surface area contributed by atoms with Crippen LogP contribution in [0.15, 0.2) is 109 Å².